The largest absolute Gasteiger partial charge is 0.381 e. The minimum Gasteiger partial charge on any atom is -0.381 e. The normalized spacial score (nSPS) is 10.6. The highest BCUT2D eigenvalue weighted by molar-refractivity contribution is 5.95. The van der Waals surface area contributed by atoms with Crippen molar-refractivity contribution in [3.05, 3.63) is 23.6 Å². The summed E-state index contributed by atoms with van der Waals surface area (Å²) in [6.45, 7) is 2.78. The predicted octanol–water partition coefficient (Wildman–Crippen LogP) is 3.67. The fraction of sp³-hybridized carbons (Fsp3) is 0.625. The van der Waals surface area contributed by atoms with Gasteiger partial charge in [-0.1, -0.05) is 51.9 Å². The highest BCUT2D eigenvalue weighted by Gasteiger charge is 2.13. The molecule has 1 rings (SSSR count). The Morgan fingerprint density at radius 1 is 1.19 bits per heavy atom. The standard InChI is InChI=1S/C16H26FN3O/c1-2-3-4-5-6-7-8-9-11-20-16(21)13-10-12-19-15(18)14(13)17/h10,12H,2-9,11H2,1H3,(H2,18,19)(H,20,21). The van der Waals surface area contributed by atoms with Crippen LogP contribution in [0.2, 0.25) is 0 Å². The van der Waals surface area contributed by atoms with Crippen molar-refractivity contribution in [3.8, 4) is 0 Å². The Balaban J connectivity index is 2.13. The predicted molar refractivity (Wildman–Crippen MR) is 83.6 cm³/mol. The third kappa shape index (κ3) is 6.56. The number of anilines is 1. The van der Waals surface area contributed by atoms with Crippen LogP contribution in [0.5, 0.6) is 0 Å². The maximum atomic E-state index is 13.6. The minimum atomic E-state index is -0.745. The summed E-state index contributed by atoms with van der Waals surface area (Å²) in [7, 11) is 0. The van der Waals surface area contributed by atoms with Crippen molar-refractivity contribution in [2.45, 2.75) is 58.3 Å². The zero-order valence-corrected chi connectivity index (χ0v) is 12.8. The van der Waals surface area contributed by atoms with E-state index in [1.165, 1.54) is 50.8 Å². The molecule has 0 spiro atoms. The maximum absolute atomic E-state index is 13.6. The number of hydrogen-bond acceptors (Lipinski definition) is 3. The molecule has 1 aromatic heterocycles. The summed E-state index contributed by atoms with van der Waals surface area (Å²) in [5.74, 6) is -1.41. The highest BCUT2D eigenvalue weighted by Crippen LogP contribution is 2.12. The number of unbranched alkanes of at least 4 members (excludes halogenated alkanes) is 7. The summed E-state index contributed by atoms with van der Waals surface area (Å²) in [4.78, 5) is 15.4. The average molecular weight is 295 g/mol. The Bertz CT molecular complexity index is 438. The number of aromatic nitrogens is 1. The van der Waals surface area contributed by atoms with Gasteiger partial charge in [0, 0.05) is 12.7 Å². The van der Waals surface area contributed by atoms with E-state index >= 15 is 0 Å². The molecule has 0 radical (unpaired) electrons. The smallest absolute Gasteiger partial charge is 0.254 e. The lowest BCUT2D eigenvalue weighted by atomic mass is 10.1. The van der Waals surface area contributed by atoms with Gasteiger partial charge in [-0.25, -0.2) is 9.37 Å². The van der Waals surface area contributed by atoms with Crippen molar-refractivity contribution in [3.63, 3.8) is 0 Å². The van der Waals surface area contributed by atoms with Gasteiger partial charge in [0.1, 0.15) is 0 Å². The van der Waals surface area contributed by atoms with E-state index in [0.717, 1.165) is 12.8 Å². The van der Waals surface area contributed by atoms with Gasteiger partial charge in [0.2, 0.25) is 0 Å². The van der Waals surface area contributed by atoms with Crippen molar-refractivity contribution < 1.29 is 9.18 Å². The topological polar surface area (TPSA) is 68.0 Å². The molecular formula is C16H26FN3O. The van der Waals surface area contributed by atoms with E-state index in [4.69, 9.17) is 5.73 Å². The van der Waals surface area contributed by atoms with Crippen LogP contribution >= 0.6 is 0 Å². The van der Waals surface area contributed by atoms with E-state index in [-0.39, 0.29) is 11.4 Å². The van der Waals surface area contributed by atoms with Crippen LogP contribution in [-0.2, 0) is 0 Å². The Morgan fingerprint density at radius 3 is 2.48 bits per heavy atom. The van der Waals surface area contributed by atoms with Gasteiger partial charge in [0.05, 0.1) is 5.56 Å². The summed E-state index contributed by atoms with van der Waals surface area (Å²) in [5, 5.41) is 2.72. The zero-order chi connectivity index (χ0) is 15.5. The molecule has 5 heteroatoms. The molecule has 0 bridgehead atoms. The quantitative estimate of drug-likeness (QED) is 0.647. The fourth-order valence-corrected chi connectivity index (χ4v) is 2.19. The van der Waals surface area contributed by atoms with Gasteiger partial charge >= 0.3 is 0 Å². The van der Waals surface area contributed by atoms with Crippen LogP contribution in [0.15, 0.2) is 12.3 Å². The van der Waals surface area contributed by atoms with Crippen LogP contribution < -0.4 is 11.1 Å². The van der Waals surface area contributed by atoms with Gasteiger partial charge in [-0.2, -0.15) is 0 Å². The first-order valence-corrected chi connectivity index (χ1v) is 7.85. The van der Waals surface area contributed by atoms with Crippen molar-refractivity contribution in [2.75, 3.05) is 12.3 Å². The molecule has 4 nitrogen and oxygen atoms in total. The molecule has 0 atom stereocenters. The second-order valence-electron chi connectivity index (χ2n) is 5.29. The monoisotopic (exact) mass is 295 g/mol. The first-order valence-electron chi connectivity index (χ1n) is 7.85. The molecule has 0 saturated heterocycles. The molecule has 1 heterocycles. The Labute approximate surface area is 126 Å². The second kappa shape index (κ2) is 10.1. The molecule has 0 aliphatic carbocycles. The van der Waals surface area contributed by atoms with E-state index in [1.807, 2.05) is 0 Å². The third-order valence-electron chi connectivity index (χ3n) is 3.48. The molecule has 0 aliphatic heterocycles. The molecule has 1 amide bonds. The summed E-state index contributed by atoms with van der Waals surface area (Å²) < 4.78 is 13.6. The maximum Gasteiger partial charge on any atom is 0.254 e. The van der Waals surface area contributed by atoms with Gasteiger partial charge < -0.3 is 11.1 Å². The average Bonchev–Trinajstić information content (AvgIpc) is 2.48. The van der Waals surface area contributed by atoms with E-state index in [1.54, 1.807) is 0 Å². The summed E-state index contributed by atoms with van der Waals surface area (Å²) >= 11 is 0. The molecule has 3 N–H and O–H groups in total. The van der Waals surface area contributed by atoms with Crippen LogP contribution in [0.1, 0.15) is 68.6 Å². The molecule has 21 heavy (non-hydrogen) atoms. The number of halogens is 1. The van der Waals surface area contributed by atoms with Crippen molar-refractivity contribution in [1.82, 2.24) is 10.3 Å². The number of nitrogen functional groups attached to an aromatic ring is 1. The number of carbonyl (C=O) groups excluding carboxylic acids is 1. The Morgan fingerprint density at radius 2 is 1.81 bits per heavy atom. The molecule has 0 unspecified atom stereocenters. The Hall–Kier alpha value is -1.65. The van der Waals surface area contributed by atoms with Gasteiger partial charge in [-0.05, 0) is 12.5 Å². The molecule has 0 saturated carbocycles. The number of nitrogens with two attached hydrogens (primary N) is 1. The first kappa shape index (κ1) is 17.4. The van der Waals surface area contributed by atoms with E-state index in [9.17, 15) is 9.18 Å². The van der Waals surface area contributed by atoms with Crippen LogP contribution in [0.25, 0.3) is 0 Å². The van der Waals surface area contributed by atoms with Gasteiger partial charge in [0.15, 0.2) is 11.6 Å². The lowest BCUT2D eigenvalue weighted by Gasteiger charge is -2.07. The van der Waals surface area contributed by atoms with Gasteiger partial charge in [0.25, 0.3) is 5.91 Å². The number of nitrogens with one attached hydrogen (secondary N) is 1. The van der Waals surface area contributed by atoms with Gasteiger partial charge in [-0.3, -0.25) is 4.79 Å². The molecule has 118 valence electrons. The lowest BCUT2D eigenvalue weighted by molar-refractivity contribution is 0.0949. The van der Waals surface area contributed by atoms with Crippen molar-refractivity contribution in [1.29, 1.82) is 0 Å². The molecule has 0 fully saturated rings. The second-order valence-corrected chi connectivity index (χ2v) is 5.29. The fourth-order valence-electron chi connectivity index (χ4n) is 2.19. The third-order valence-corrected chi connectivity index (χ3v) is 3.48. The van der Waals surface area contributed by atoms with Crippen LogP contribution in [0.3, 0.4) is 0 Å². The lowest BCUT2D eigenvalue weighted by Crippen LogP contribution is -2.25. The van der Waals surface area contributed by atoms with Crippen LogP contribution in [0.4, 0.5) is 10.2 Å². The highest BCUT2D eigenvalue weighted by atomic mass is 19.1. The molecule has 1 aromatic rings. The number of carbonyl (C=O) groups is 1. The first-order chi connectivity index (χ1) is 10.2. The number of nitrogens with zero attached hydrogens (tertiary/aromatic N) is 1. The van der Waals surface area contributed by atoms with Crippen molar-refractivity contribution >= 4 is 11.7 Å². The molecule has 0 aliphatic rings. The SMILES string of the molecule is CCCCCCCCCCNC(=O)c1ccnc(N)c1F. The Kier molecular flexibility index (Phi) is 8.40. The molecular weight excluding hydrogens is 269 g/mol. The number of amides is 1. The number of rotatable bonds is 10. The van der Waals surface area contributed by atoms with Crippen LogP contribution in [-0.4, -0.2) is 17.4 Å². The van der Waals surface area contributed by atoms with E-state index < -0.39 is 11.7 Å². The number of pyridine rings is 1. The van der Waals surface area contributed by atoms with E-state index in [0.29, 0.717) is 6.54 Å². The number of hydrogen-bond donors (Lipinski definition) is 2. The zero-order valence-electron chi connectivity index (χ0n) is 12.8. The summed E-state index contributed by atoms with van der Waals surface area (Å²) in [6, 6.07) is 1.34. The summed E-state index contributed by atoms with van der Waals surface area (Å²) in [5.41, 5.74) is 5.30. The van der Waals surface area contributed by atoms with Gasteiger partial charge in [-0.15, -0.1) is 0 Å². The van der Waals surface area contributed by atoms with E-state index in [2.05, 4.69) is 17.2 Å². The molecule has 0 aromatic carbocycles. The summed E-state index contributed by atoms with van der Waals surface area (Å²) in [6.07, 6.45) is 11.0. The van der Waals surface area contributed by atoms with Crippen LogP contribution in [0, 0.1) is 5.82 Å². The minimum absolute atomic E-state index is 0.0398. The van der Waals surface area contributed by atoms with Crippen molar-refractivity contribution in [2.24, 2.45) is 0 Å².